The summed E-state index contributed by atoms with van der Waals surface area (Å²) in [5.41, 5.74) is 1.54. The summed E-state index contributed by atoms with van der Waals surface area (Å²) in [6, 6.07) is 3.85. The second kappa shape index (κ2) is 9.53. The Morgan fingerprint density at radius 1 is 1.52 bits per heavy atom. The third-order valence-corrected chi connectivity index (χ3v) is 4.76. The van der Waals surface area contributed by atoms with Gasteiger partial charge >= 0.3 is 0 Å². The van der Waals surface area contributed by atoms with Crippen LogP contribution in [0, 0.1) is 0 Å². The highest BCUT2D eigenvalue weighted by atomic mass is 35.5. The van der Waals surface area contributed by atoms with Crippen LogP contribution >= 0.6 is 23.4 Å². The van der Waals surface area contributed by atoms with Gasteiger partial charge in [0.25, 0.3) is 0 Å². The molecule has 0 unspecified atom stereocenters. The van der Waals surface area contributed by atoms with Gasteiger partial charge in [-0.2, -0.15) is 0 Å². The molecule has 1 rings (SSSR count). The lowest BCUT2D eigenvalue weighted by molar-refractivity contribution is -0.121. The molecule has 0 atom stereocenters. The number of aliphatic imine (C=N–C) groups is 1. The Balaban J connectivity index is 2.78. The van der Waals surface area contributed by atoms with Gasteiger partial charge in [0.15, 0.2) is 0 Å². The predicted octanol–water partition coefficient (Wildman–Crippen LogP) is 3.89. The monoisotopic (exact) mass is 351 g/mol. The minimum absolute atomic E-state index is 0.103. The summed E-state index contributed by atoms with van der Waals surface area (Å²) in [5, 5.41) is 3.13. The standard InChI is InChI=1S/C17H22ClN3OS/c1-17(2,23-4)16(22)21-14(15(18)19-3)10-6-5-8-13-9-7-11-20-12-13/h5,7-12H,6H2,1-4H3,(H,21,22)/b8-5+,14-10+,19-15?. The Kier molecular flexibility index (Phi) is 8.06. The fraction of sp³-hybridized carbons (Fsp3) is 0.353. The fourth-order valence-electron chi connectivity index (χ4n) is 1.54. The third-order valence-electron chi connectivity index (χ3n) is 3.18. The Hall–Kier alpha value is -1.59. The van der Waals surface area contributed by atoms with Gasteiger partial charge in [-0.25, -0.2) is 0 Å². The average Bonchev–Trinajstić information content (AvgIpc) is 2.57. The molecule has 0 aliphatic rings. The second-order valence-electron chi connectivity index (χ2n) is 5.23. The van der Waals surface area contributed by atoms with Crippen molar-refractivity contribution in [1.29, 1.82) is 0 Å². The molecule has 4 nitrogen and oxygen atoms in total. The van der Waals surface area contributed by atoms with Crippen molar-refractivity contribution < 1.29 is 4.79 Å². The molecule has 6 heteroatoms. The zero-order chi connectivity index (χ0) is 17.3. The van der Waals surface area contributed by atoms with Crippen molar-refractivity contribution in [3.8, 4) is 0 Å². The summed E-state index contributed by atoms with van der Waals surface area (Å²) in [4.78, 5) is 20.3. The van der Waals surface area contributed by atoms with E-state index in [1.54, 1.807) is 19.4 Å². The van der Waals surface area contributed by atoms with Crippen LogP contribution in [0.3, 0.4) is 0 Å². The first-order chi connectivity index (χ1) is 10.9. The van der Waals surface area contributed by atoms with Gasteiger partial charge in [-0.3, -0.25) is 14.8 Å². The Labute approximate surface area is 147 Å². The quantitative estimate of drug-likeness (QED) is 0.758. The minimum atomic E-state index is -0.532. The largest absolute Gasteiger partial charge is 0.323 e. The number of amides is 1. The molecule has 23 heavy (non-hydrogen) atoms. The van der Waals surface area contributed by atoms with Crippen LogP contribution in [-0.2, 0) is 4.79 Å². The summed E-state index contributed by atoms with van der Waals surface area (Å²) in [6.07, 6.45) is 11.8. The number of hydrogen-bond acceptors (Lipinski definition) is 4. The smallest absolute Gasteiger partial charge is 0.240 e. The van der Waals surface area contributed by atoms with Gasteiger partial charge < -0.3 is 5.32 Å². The molecule has 0 saturated carbocycles. The maximum atomic E-state index is 12.3. The summed E-state index contributed by atoms with van der Waals surface area (Å²) in [7, 11) is 1.59. The second-order valence-corrected chi connectivity index (χ2v) is 7.01. The van der Waals surface area contributed by atoms with E-state index in [0.29, 0.717) is 12.1 Å². The molecular formula is C17H22ClN3OS. The van der Waals surface area contributed by atoms with E-state index in [9.17, 15) is 4.79 Å². The van der Waals surface area contributed by atoms with Gasteiger partial charge in [0.05, 0.1) is 10.4 Å². The van der Waals surface area contributed by atoms with E-state index < -0.39 is 4.75 Å². The van der Waals surface area contributed by atoms with E-state index >= 15 is 0 Å². The van der Waals surface area contributed by atoms with E-state index in [1.807, 2.05) is 50.5 Å². The van der Waals surface area contributed by atoms with Crippen LogP contribution in [-0.4, -0.2) is 34.1 Å². The maximum absolute atomic E-state index is 12.3. The van der Waals surface area contributed by atoms with E-state index in [2.05, 4.69) is 15.3 Å². The number of hydrogen-bond donors (Lipinski definition) is 1. The Bertz CT molecular complexity index is 610. The van der Waals surface area contributed by atoms with Crippen molar-refractivity contribution in [1.82, 2.24) is 10.3 Å². The first-order valence-electron chi connectivity index (χ1n) is 7.16. The van der Waals surface area contributed by atoms with E-state index in [0.717, 1.165) is 5.56 Å². The fourth-order valence-corrected chi connectivity index (χ4v) is 1.90. The van der Waals surface area contributed by atoms with Crippen molar-refractivity contribution in [3.63, 3.8) is 0 Å². The van der Waals surface area contributed by atoms with Crippen LogP contribution in [0.1, 0.15) is 25.8 Å². The van der Waals surface area contributed by atoms with E-state index in [-0.39, 0.29) is 11.1 Å². The van der Waals surface area contributed by atoms with E-state index in [1.165, 1.54) is 11.8 Å². The van der Waals surface area contributed by atoms with Gasteiger partial charge in [-0.05, 0) is 38.2 Å². The molecule has 1 N–H and O–H groups in total. The Morgan fingerprint density at radius 3 is 2.83 bits per heavy atom. The highest BCUT2D eigenvalue weighted by Crippen LogP contribution is 2.21. The number of aromatic nitrogens is 1. The summed E-state index contributed by atoms with van der Waals surface area (Å²) >= 11 is 7.57. The maximum Gasteiger partial charge on any atom is 0.240 e. The van der Waals surface area contributed by atoms with Crippen molar-refractivity contribution >= 4 is 40.5 Å². The number of pyridine rings is 1. The number of thioether (sulfide) groups is 1. The third kappa shape index (κ3) is 6.59. The number of carbonyl (C=O) groups is 1. The van der Waals surface area contributed by atoms with Crippen LogP contribution in [0.4, 0.5) is 0 Å². The molecule has 0 aliphatic carbocycles. The van der Waals surface area contributed by atoms with Crippen LogP contribution in [0.5, 0.6) is 0 Å². The molecule has 0 fully saturated rings. The van der Waals surface area contributed by atoms with Gasteiger partial charge in [-0.1, -0.05) is 35.9 Å². The first kappa shape index (κ1) is 19.5. The van der Waals surface area contributed by atoms with Gasteiger partial charge in [0.2, 0.25) is 5.91 Å². The molecule has 0 aliphatic heterocycles. The van der Waals surface area contributed by atoms with Gasteiger partial charge in [-0.15, -0.1) is 11.8 Å². The van der Waals surface area contributed by atoms with Gasteiger partial charge in [0, 0.05) is 19.4 Å². The summed E-state index contributed by atoms with van der Waals surface area (Å²) < 4.78 is -0.532. The summed E-state index contributed by atoms with van der Waals surface area (Å²) in [5.74, 6) is -0.103. The van der Waals surface area contributed by atoms with Crippen molar-refractivity contribution in [2.75, 3.05) is 13.3 Å². The SMILES string of the molecule is CN=C(Cl)/C(=C\C/C=C/c1cccnc1)NC(=O)C(C)(C)SC. The first-order valence-corrected chi connectivity index (χ1v) is 8.77. The van der Waals surface area contributed by atoms with Crippen LogP contribution in [0.15, 0.2) is 47.4 Å². The lowest BCUT2D eigenvalue weighted by Gasteiger charge is -2.21. The van der Waals surface area contributed by atoms with Crippen molar-refractivity contribution in [3.05, 3.63) is 47.9 Å². The molecule has 1 amide bonds. The van der Waals surface area contributed by atoms with Gasteiger partial charge in [0.1, 0.15) is 5.17 Å². The lowest BCUT2D eigenvalue weighted by Crippen LogP contribution is -2.40. The highest BCUT2D eigenvalue weighted by Gasteiger charge is 2.27. The molecule has 0 spiro atoms. The molecule has 1 aromatic heterocycles. The number of allylic oxidation sites excluding steroid dienone is 3. The van der Waals surface area contributed by atoms with Crippen LogP contribution < -0.4 is 5.32 Å². The molecule has 0 aromatic carbocycles. The molecule has 1 heterocycles. The number of carbonyl (C=O) groups excluding carboxylic acids is 1. The number of halogens is 1. The highest BCUT2D eigenvalue weighted by molar-refractivity contribution is 8.00. The van der Waals surface area contributed by atoms with Crippen molar-refractivity contribution in [2.24, 2.45) is 4.99 Å². The number of nitrogens with zero attached hydrogens (tertiary/aromatic N) is 2. The average molecular weight is 352 g/mol. The zero-order valence-electron chi connectivity index (χ0n) is 13.8. The van der Waals surface area contributed by atoms with Crippen LogP contribution in [0.25, 0.3) is 6.08 Å². The molecule has 124 valence electrons. The van der Waals surface area contributed by atoms with E-state index in [4.69, 9.17) is 11.6 Å². The minimum Gasteiger partial charge on any atom is -0.323 e. The topological polar surface area (TPSA) is 54.4 Å². The molecule has 1 aromatic rings. The predicted molar refractivity (Wildman–Crippen MR) is 101 cm³/mol. The molecular weight excluding hydrogens is 330 g/mol. The normalized spacial score (nSPS) is 13.4. The molecule has 0 saturated heterocycles. The van der Waals surface area contributed by atoms with Crippen LogP contribution in [0.2, 0.25) is 0 Å². The zero-order valence-corrected chi connectivity index (χ0v) is 15.4. The molecule has 0 radical (unpaired) electrons. The number of rotatable bonds is 7. The number of nitrogens with one attached hydrogen (secondary N) is 1. The summed E-state index contributed by atoms with van der Waals surface area (Å²) in [6.45, 7) is 3.73. The van der Waals surface area contributed by atoms with Crippen molar-refractivity contribution in [2.45, 2.75) is 25.0 Å². The molecule has 0 bridgehead atoms. The lowest BCUT2D eigenvalue weighted by atomic mass is 10.2. The Morgan fingerprint density at radius 2 is 2.26 bits per heavy atom.